The summed E-state index contributed by atoms with van der Waals surface area (Å²) in [5.74, 6) is 1.56. The van der Waals surface area contributed by atoms with Gasteiger partial charge in [-0.25, -0.2) is 9.37 Å². The minimum atomic E-state index is -0.328. The first kappa shape index (κ1) is 19.3. The Kier molecular flexibility index (Phi) is 5.13. The van der Waals surface area contributed by atoms with Crippen LogP contribution in [0.2, 0.25) is 0 Å². The first-order chi connectivity index (χ1) is 15.1. The van der Waals surface area contributed by atoms with Crippen LogP contribution in [-0.4, -0.2) is 26.8 Å². The lowest BCUT2D eigenvalue weighted by Gasteiger charge is -2.21. The number of hydrogen-bond acceptors (Lipinski definition) is 5. The Morgan fingerprint density at radius 1 is 1.06 bits per heavy atom. The molecule has 0 unspecified atom stereocenters. The van der Waals surface area contributed by atoms with Gasteiger partial charge in [-0.15, -0.1) is 5.10 Å². The second kappa shape index (κ2) is 8.23. The molecule has 2 N–H and O–H groups in total. The third-order valence-corrected chi connectivity index (χ3v) is 5.67. The summed E-state index contributed by atoms with van der Waals surface area (Å²) in [4.78, 5) is 16.8. The van der Waals surface area contributed by atoms with Crippen LogP contribution in [0.4, 0.5) is 10.1 Å². The van der Waals surface area contributed by atoms with Crippen LogP contribution < -0.4 is 10.1 Å². The minimum Gasteiger partial charge on any atom is -0.457 e. The smallest absolute Gasteiger partial charge is 0.234 e. The fourth-order valence-corrected chi connectivity index (χ4v) is 3.95. The number of nitrogens with zero attached hydrogens (tertiary/aromatic N) is 2. The van der Waals surface area contributed by atoms with Crippen molar-refractivity contribution in [2.75, 3.05) is 11.1 Å². The van der Waals surface area contributed by atoms with Gasteiger partial charge < -0.3 is 10.1 Å². The molecule has 0 atom stereocenters. The van der Waals surface area contributed by atoms with Crippen molar-refractivity contribution < 1.29 is 13.9 Å². The van der Waals surface area contributed by atoms with E-state index >= 15 is 0 Å². The third kappa shape index (κ3) is 4.29. The molecule has 1 amide bonds. The van der Waals surface area contributed by atoms with Gasteiger partial charge in [0.15, 0.2) is 5.82 Å². The SMILES string of the molecule is O=C(CSc1n[nH]c(-c2ccccc2)n1)Nc1ccc2c(c1)Cc1ccc(F)cc1O2. The van der Waals surface area contributed by atoms with Gasteiger partial charge in [-0.1, -0.05) is 48.2 Å². The lowest BCUT2D eigenvalue weighted by atomic mass is 10.00. The number of halogens is 1. The molecular weight excluding hydrogens is 415 g/mol. The standard InChI is InChI=1S/C23H17FN4O2S/c24-17-7-6-15-10-16-11-18(8-9-19(16)30-20(15)12-17)25-21(29)13-31-23-26-22(27-28-23)14-4-2-1-3-5-14/h1-9,11-12H,10,13H2,(H,25,29)(H,26,27,28). The molecule has 1 aliphatic rings. The number of rotatable bonds is 5. The molecule has 8 heteroatoms. The number of nitrogens with one attached hydrogen (secondary N) is 2. The number of anilines is 1. The Morgan fingerprint density at radius 2 is 1.94 bits per heavy atom. The molecule has 1 aromatic heterocycles. The summed E-state index contributed by atoms with van der Waals surface area (Å²) in [6, 6.07) is 19.6. The normalized spacial score (nSPS) is 11.9. The summed E-state index contributed by atoms with van der Waals surface area (Å²) in [5.41, 5.74) is 3.46. The van der Waals surface area contributed by atoms with Gasteiger partial charge in [0.1, 0.15) is 17.3 Å². The number of aromatic amines is 1. The average Bonchev–Trinajstić information content (AvgIpc) is 3.26. The second-order valence-electron chi connectivity index (χ2n) is 7.02. The molecule has 1 aliphatic heterocycles. The van der Waals surface area contributed by atoms with E-state index in [0.717, 1.165) is 16.7 Å². The van der Waals surface area contributed by atoms with E-state index in [1.54, 1.807) is 18.2 Å². The van der Waals surface area contributed by atoms with E-state index in [9.17, 15) is 9.18 Å². The van der Waals surface area contributed by atoms with Crippen LogP contribution in [0.5, 0.6) is 11.5 Å². The average molecular weight is 432 g/mol. The Morgan fingerprint density at radius 3 is 2.81 bits per heavy atom. The summed E-state index contributed by atoms with van der Waals surface area (Å²) in [6.45, 7) is 0. The molecule has 2 heterocycles. The number of ether oxygens (including phenoxy) is 1. The largest absolute Gasteiger partial charge is 0.457 e. The Labute approximate surface area is 181 Å². The molecule has 0 bridgehead atoms. The van der Waals surface area contributed by atoms with E-state index in [4.69, 9.17) is 4.74 Å². The van der Waals surface area contributed by atoms with Gasteiger partial charge in [0.2, 0.25) is 11.1 Å². The van der Waals surface area contributed by atoms with Crippen molar-refractivity contribution in [1.29, 1.82) is 0 Å². The quantitative estimate of drug-likeness (QED) is 0.381. The third-order valence-electron chi connectivity index (χ3n) is 4.82. The molecule has 0 saturated carbocycles. The van der Waals surface area contributed by atoms with E-state index in [2.05, 4.69) is 20.5 Å². The highest BCUT2D eigenvalue weighted by Crippen LogP contribution is 2.38. The number of H-pyrrole nitrogens is 1. The summed E-state index contributed by atoms with van der Waals surface area (Å²) in [7, 11) is 0. The highest BCUT2D eigenvalue weighted by atomic mass is 32.2. The van der Waals surface area contributed by atoms with Gasteiger partial charge in [-0.05, 0) is 29.8 Å². The molecule has 0 fully saturated rings. The number of carbonyl (C=O) groups is 1. The summed E-state index contributed by atoms with van der Waals surface area (Å²) in [6.07, 6.45) is 0.614. The van der Waals surface area contributed by atoms with Crippen molar-refractivity contribution in [3.8, 4) is 22.9 Å². The van der Waals surface area contributed by atoms with Gasteiger partial charge in [0.05, 0.1) is 5.75 Å². The number of aromatic nitrogens is 3. The number of benzene rings is 3. The van der Waals surface area contributed by atoms with E-state index in [0.29, 0.717) is 34.6 Å². The van der Waals surface area contributed by atoms with Crippen molar-refractivity contribution in [3.63, 3.8) is 0 Å². The van der Waals surface area contributed by atoms with Crippen LogP contribution in [0, 0.1) is 5.82 Å². The molecule has 3 aromatic carbocycles. The maximum absolute atomic E-state index is 13.4. The summed E-state index contributed by atoms with van der Waals surface area (Å²) < 4.78 is 19.2. The number of thioether (sulfide) groups is 1. The van der Waals surface area contributed by atoms with Crippen LogP contribution in [0.25, 0.3) is 11.4 Å². The predicted molar refractivity (Wildman–Crippen MR) is 117 cm³/mol. The molecule has 154 valence electrons. The summed E-state index contributed by atoms with van der Waals surface area (Å²) >= 11 is 1.26. The molecule has 0 aliphatic carbocycles. The zero-order chi connectivity index (χ0) is 21.2. The van der Waals surface area contributed by atoms with Crippen LogP contribution in [0.1, 0.15) is 11.1 Å². The maximum Gasteiger partial charge on any atom is 0.234 e. The predicted octanol–water partition coefficient (Wildman–Crippen LogP) is 5.04. The number of hydrogen-bond donors (Lipinski definition) is 2. The second-order valence-corrected chi connectivity index (χ2v) is 7.97. The lowest BCUT2D eigenvalue weighted by molar-refractivity contribution is -0.113. The van der Waals surface area contributed by atoms with Crippen molar-refractivity contribution in [2.24, 2.45) is 0 Å². The Hall–Kier alpha value is -3.65. The summed E-state index contributed by atoms with van der Waals surface area (Å²) in [5, 5.41) is 10.5. The number of amides is 1. The van der Waals surface area contributed by atoms with E-state index in [1.807, 2.05) is 36.4 Å². The van der Waals surface area contributed by atoms with Crippen LogP contribution in [0.3, 0.4) is 0 Å². The minimum absolute atomic E-state index is 0.157. The topological polar surface area (TPSA) is 79.9 Å². The first-order valence-corrected chi connectivity index (χ1v) is 10.6. The van der Waals surface area contributed by atoms with Crippen molar-refractivity contribution in [1.82, 2.24) is 15.2 Å². The van der Waals surface area contributed by atoms with Crippen LogP contribution >= 0.6 is 11.8 Å². The molecular formula is C23H17FN4O2S. The molecule has 0 saturated heterocycles. The van der Waals surface area contributed by atoms with E-state index in [1.165, 1.54) is 23.9 Å². The highest BCUT2D eigenvalue weighted by molar-refractivity contribution is 7.99. The monoisotopic (exact) mass is 432 g/mol. The first-order valence-electron chi connectivity index (χ1n) is 9.64. The van der Waals surface area contributed by atoms with Gasteiger partial charge in [-0.3, -0.25) is 9.89 Å². The fourth-order valence-electron chi connectivity index (χ4n) is 3.35. The fraction of sp³-hybridized carbons (Fsp3) is 0.0870. The molecule has 0 spiro atoms. The van der Waals surface area contributed by atoms with Gasteiger partial charge in [-0.2, -0.15) is 0 Å². The molecule has 6 nitrogen and oxygen atoms in total. The van der Waals surface area contributed by atoms with Crippen molar-refractivity contribution in [3.05, 3.63) is 83.7 Å². The number of carbonyl (C=O) groups excluding carboxylic acids is 1. The van der Waals surface area contributed by atoms with E-state index < -0.39 is 0 Å². The van der Waals surface area contributed by atoms with Crippen molar-refractivity contribution in [2.45, 2.75) is 11.6 Å². The zero-order valence-electron chi connectivity index (χ0n) is 16.3. The van der Waals surface area contributed by atoms with Gasteiger partial charge >= 0.3 is 0 Å². The van der Waals surface area contributed by atoms with Crippen molar-refractivity contribution >= 4 is 23.4 Å². The van der Waals surface area contributed by atoms with Gasteiger partial charge in [0.25, 0.3) is 0 Å². The lowest BCUT2D eigenvalue weighted by Crippen LogP contribution is -2.14. The molecule has 31 heavy (non-hydrogen) atoms. The Balaban J connectivity index is 1.20. The molecule has 4 aromatic rings. The molecule has 0 radical (unpaired) electrons. The van der Waals surface area contributed by atoms with Crippen LogP contribution in [0.15, 0.2) is 71.9 Å². The zero-order valence-corrected chi connectivity index (χ0v) is 17.1. The number of fused-ring (bicyclic) bond motifs is 2. The Bertz CT molecular complexity index is 1260. The highest BCUT2D eigenvalue weighted by Gasteiger charge is 2.18. The van der Waals surface area contributed by atoms with Crippen LogP contribution in [-0.2, 0) is 11.2 Å². The molecule has 5 rings (SSSR count). The van der Waals surface area contributed by atoms with E-state index in [-0.39, 0.29) is 17.5 Å². The van der Waals surface area contributed by atoms with Gasteiger partial charge in [0, 0.05) is 29.3 Å². The maximum atomic E-state index is 13.4.